The highest BCUT2D eigenvalue weighted by Gasteiger charge is 2.54. The van der Waals surface area contributed by atoms with E-state index in [4.69, 9.17) is 18.9 Å². The summed E-state index contributed by atoms with van der Waals surface area (Å²) in [6.07, 6.45) is -1.41. The molecule has 1 aromatic rings. The second kappa shape index (κ2) is 7.84. The van der Waals surface area contributed by atoms with Gasteiger partial charge in [0.15, 0.2) is 5.54 Å². The Morgan fingerprint density at radius 3 is 2.56 bits per heavy atom. The average Bonchev–Trinajstić information content (AvgIpc) is 2.94. The lowest BCUT2D eigenvalue weighted by Gasteiger charge is -2.32. The Kier molecular flexibility index (Phi) is 6.02. The molecule has 138 valence electrons. The molecular formula is C18H25NO6. The van der Waals surface area contributed by atoms with E-state index >= 15 is 0 Å². The third-order valence-electron chi connectivity index (χ3n) is 3.72. The van der Waals surface area contributed by atoms with Crippen LogP contribution < -0.4 is 5.32 Å². The molecule has 1 aliphatic rings. The summed E-state index contributed by atoms with van der Waals surface area (Å²) >= 11 is 0. The highest BCUT2D eigenvalue weighted by atomic mass is 16.6. The van der Waals surface area contributed by atoms with Gasteiger partial charge in [0.25, 0.3) is 0 Å². The van der Waals surface area contributed by atoms with Crippen LogP contribution in [0.25, 0.3) is 0 Å². The Morgan fingerprint density at radius 2 is 1.96 bits per heavy atom. The van der Waals surface area contributed by atoms with Gasteiger partial charge in [0.2, 0.25) is 0 Å². The van der Waals surface area contributed by atoms with Crippen molar-refractivity contribution in [1.82, 2.24) is 5.32 Å². The SMILES string of the molecule is COC(=O)C1(NC(=O)OC(C)(C)C)COCC1OCc1ccccc1. The predicted molar refractivity (Wildman–Crippen MR) is 90.0 cm³/mol. The van der Waals surface area contributed by atoms with Crippen LogP contribution in [0.5, 0.6) is 0 Å². The van der Waals surface area contributed by atoms with Gasteiger partial charge < -0.3 is 24.3 Å². The van der Waals surface area contributed by atoms with Crippen LogP contribution in [0, 0.1) is 0 Å². The number of hydrogen-bond donors (Lipinski definition) is 1. The first kappa shape index (κ1) is 19.2. The molecule has 7 heteroatoms. The van der Waals surface area contributed by atoms with Crippen LogP contribution >= 0.6 is 0 Å². The summed E-state index contributed by atoms with van der Waals surface area (Å²) in [6, 6.07) is 9.53. The number of alkyl carbamates (subject to hydrolysis) is 1. The number of ether oxygens (including phenoxy) is 4. The molecule has 2 atom stereocenters. The van der Waals surface area contributed by atoms with E-state index in [2.05, 4.69) is 5.32 Å². The van der Waals surface area contributed by atoms with Crippen molar-refractivity contribution >= 4 is 12.1 Å². The van der Waals surface area contributed by atoms with E-state index in [1.54, 1.807) is 20.8 Å². The molecule has 0 aromatic heterocycles. The molecule has 1 heterocycles. The first-order chi connectivity index (χ1) is 11.8. The molecule has 1 aromatic carbocycles. The topological polar surface area (TPSA) is 83.1 Å². The number of esters is 1. The zero-order valence-corrected chi connectivity index (χ0v) is 15.0. The van der Waals surface area contributed by atoms with Gasteiger partial charge in [-0.05, 0) is 26.3 Å². The van der Waals surface area contributed by atoms with Crippen molar-refractivity contribution in [3.8, 4) is 0 Å². The summed E-state index contributed by atoms with van der Waals surface area (Å²) in [6.45, 7) is 5.63. The van der Waals surface area contributed by atoms with Crippen molar-refractivity contribution in [3.05, 3.63) is 35.9 Å². The van der Waals surface area contributed by atoms with Crippen molar-refractivity contribution in [2.75, 3.05) is 20.3 Å². The van der Waals surface area contributed by atoms with Crippen LogP contribution in [0.15, 0.2) is 30.3 Å². The number of hydrogen-bond acceptors (Lipinski definition) is 6. The number of rotatable bonds is 5. The molecule has 0 radical (unpaired) electrons. The summed E-state index contributed by atoms with van der Waals surface area (Å²) in [7, 11) is 1.26. The van der Waals surface area contributed by atoms with Crippen molar-refractivity contribution in [3.63, 3.8) is 0 Å². The summed E-state index contributed by atoms with van der Waals surface area (Å²) in [4.78, 5) is 24.6. The lowest BCUT2D eigenvalue weighted by Crippen LogP contribution is -2.63. The standard InChI is InChI=1S/C18H25NO6/c1-17(2,3)25-16(21)19-18(15(20)22-4)12-23-11-14(18)24-10-13-8-6-5-7-9-13/h5-9,14H,10-12H2,1-4H3,(H,19,21). The maximum atomic E-state index is 12.4. The molecule has 25 heavy (non-hydrogen) atoms. The van der Waals surface area contributed by atoms with Gasteiger partial charge in [-0.3, -0.25) is 0 Å². The lowest BCUT2D eigenvalue weighted by atomic mass is 9.95. The molecule has 0 aliphatic carbocycles. The van der Waals surface area contributed by atoms with E-state index in [0.717, 1.165) is 5.56 Å². The van der Waals surface area contributed by atoms with Crippen molar-refractivity contribution in [1.29, 1.82) is 0 Å². The van der Waals surface area contributed by atoms with Crippen LogP contribution in [0.1, 0.15) is 26.3 Å². The van der Waals surface area contributed by atoms with E-state index in [9.17, 15) is 9.59 Å². The number of benzene rings is 1. The Morgan fingerprint density at radius 1 is 1.28 bits per heavy atom. The van der Waals surface area contributed by atoms with Gasteiger partial charge >= 0.3 is 12.1 Å². The molecular weight excluding hydrogens is 326 g/mol. The summed E-state index contributed by atoms with van der Waals surface area (Å²) in [5, 5.41) is 2.60. The molecule has 1 N–H and O–H groups in total. The van der Waals surface area contributed by atoms with E-state index < -0.39 is 29.3 Å². The third-order valence-corrected chi connectivity index (χ3v) is 3.72. The first-order valence-electron chi connectivity index (χ1n) is 8.10. The van der Waals surface area contributed by atoms with E-state index in [1.807, 2.05) is 30.3 Å². The molecule has 1 saturated heterocycles. The number of amides is 1. The maximum absolute atomic E-state index is 12.4. The molecule has 7 nitrogen and oxygen atoms in total. The van der Waals surface area contributed by atoms with Crippen molar-refractivity contribution in [2.45, 2.75) is 44.6 Å². The van der Waals surface area contributed by atoms with Crippen LogP contribution in [0.2, 0.25) is 0 Å². The van der Waals surface area contributed by atoms with Gasteiger partial charge in [-0.1, -0.05) is 30.3 Å². The molecule has 1 aliphatic heterocycles. The molecule has 1 amide bonds. The van der Waals surface area contributed by atoms with Gasteiger partial charge in [0.1, 0.15) is 11.7 Å². The zero-order valence-electron chi connectivity index (χ0n) is 15.0. The number of carbonyl (C=O) groups is 2. The molecule has 2 rings (SSSR count). The van der Waals surface area contributed by atoms with Gasteiger partial charge in [-0.15, -0.1) is 0 Å². The largest absolute Gasteiger partial charge is 0.467 e. The fourth-order valence-electron chi connectivity index (χ4n) is 2.55. The van der Waals surface area contributed by atoms with Crippen LogP contribution in [-0.2, 0) is 30.3 Å². The minimum Gasteiger partial charge on any atom is -0.467 e. The van der Waals surface area contributed by atoms with E-state index in [-0.39, 0.29) is 19.8 Å². The number of nitrogens with one attached hydrogen (secondary N) is 1. The Hall–Kier alpha value is -2.12. The molecule has 2 unspecified atom stereocenters. The Bertz CT molecular complexity index is 597. The third kappa shape index (κ3) is 4.93. The molecule has 0 saturated carbocycles. The van der Waals surface area contributed by atoms with Gasteiger partial charge in [0.05, 0.1) is 26.9 Å². The van der Waals surface area contributed by atoms with Gasteiger partial charge in [0, 0.05) is 0 Å². The smallest absolute Gasteiger partial charge is 0.408 e. The minimum absolute atomic E-state index is 0.0433. The normalized spacial score (nSPS) is 23.1. The Labute approximate surface area is 147 Å². The van der Waals surface area contributed by atoms with Crippen LogP contribution in [-0.4, -0.2) is 49.6 Å². The van der Waals surface area contributed by atoms with E-state index in [1.165, 1.54) is 7.11 Å². The molecule has 0 bridgehead atoms. The monoisotopic (exact) mass is 351 g/mol. The average molecular weight is 351 g/mol. The number of methoxy groups -OCH3 is 1. The van der Waals surface area contributed by atoms with Gasteiger partial charge in [-0.25, -0.2) is 9.59 Å². The fourth-order valence-corrected chi connectivity index (χ4v) is 2.55. The quantitative estimate of drug-likeness (QED) is 0.818. The number of carbonyl (C=O) groups excluding carboxylic acids is 2. The lowest BCUT2D eigenvalue weighted by molar-refractivity contribution is -0.154. The van der Waals surface area contributed by atoms with Crippen molar-refractivity contribution in [2.24, 2.45) is 0 Å². The zero-order chi connectivity index (χ0) is 18.5. The maximum Gasteiger partial charge on any atom is 0.408 e. The van der Waals surface area contributed by atoms with Crippen LogP contribution in [0.3, 0.4) is 0 Å². The second-order valence-electron chi connectivity index (χ2n) is 6.89. The Balaban J connectivity index is 2.13. The van der Waals surface area contributed by atoms with Gasteiger partial charge in [-0.2, -0.15) is 0 Å². The van der Waals surface area contributed by atoms with Crippen LogP contribution in [0.4, 0.5) is 4.79 Å². The highest BCUT2D eigenvalue weighted by molar-refractivity contribution is 5.87. The van der Waals surface area contributed by atoms with E-state index in [0.29, 0.717) is 0 Å². The fraction of sp³-hybridized carbons (Fsp3) is 0.556. The predicted octanol–water partition coefficient (Wildman–Crippen LogP) is 2.04. The highest BCUT2D eigenvalue weighted by Crippen LogP contribution is 2.26. The molecule has 0 spiro atoms. The minimum atomic E-state index is -1.44. The summed E-state index contributed by atoms with van der Waals surface area (Å²) < 4.78 is 21.4. The summed E-state index contributed by atoms with van der Waals surface area (Å²) in [5.41, 5.74) is -1.18. The van der Waals surface area contributed by atoms with Crippen molar-refractivity contribution < 1.29 is 28.5 Å². The summed E-state index contributed by atoms with van der Waals surface area (Å²) in [5.74, 6) is -0.631. The second-order valence-corrected chi connectivity index (χ2v) is 6.89. The first-order valence-corrected chi connectivity index (χ1v) is 8.10. The molecule has 1 fully saturated rings.